The van der Waals surface area contributed by atoms with Gasteiger partial charge in [0.2, 0.25) is 0 Å². The van der Waals surface area contributed by atoms with E-state index < -0.39 is 17.4 Å². The van der Waals surface area contributed by atoms with Crippen LogP contribution in [-0.2, 0) is 10.7 Å². The summed E-state index contributed by atoms with van der Waals surface area (Å²) in [5, 5.41) is 2.03. The van der Waals surface area contributed by atoms with Gasteiger partial charge < -0.3 is 5.32 Å². The summed E-state index contributed by atoms with van der Waals surface area (Å²) in [5.74, 6) is -4.88. The number of alkyl halides is 2. The Balaban J connectivity index is 0.000000606. The third-order valence-electron chi connectivity index (χ3n) is 2.05. The van der Waals surface area contributed by atoms with E-state index in [1.54, 1.807) is 0 Å². The standard InChI is InChI=1S/C9H5F2NO2.C2H6/c10-9(11)6-3-5(4-13)1-2-7(6)12-8(9)14;1-2/h1-4H,(H,12,14);1-2H3. The molecule has 0 aromatic heterocycles. The monoisotopic (exact) mass is 227 g/mol. The molecule has 0 atom stereocenters. The molecule has 1 aromatic carbocycles. The number of carbonyl (C=O) groups is 2. The number of hydrogen-bond acceptors (Lipinski definition) is 2. The number of hydrogen-bond donors (Lipinski definition) is 1. The molecule has 1 aromatic rings. The van der Waals surface area contributed by atoms with E-state index in [1.165, 1.54) is 12.1 Å². The second-order valence-electron chi connectivity index (χ2n) is 2.95. The largest absolute Gasteiger partial charge is 0.352 e. The van der Waals surface area contributed by atoms with Crippen molar-refractivity contribution < 1.29 is 18.4 Å². The Morgan fingerprint density at radius 2 is 1.94 bits per heavy atom. The molecule has 5 heteroatoms. The van der Waals surface area contributed by atoms with E-state index in [9.17, 15) is 18.4 Å². The van der Waals surface area contributed by atoms with Crippen molar-refractivity contribution >= 4 is 17.9 Å². The predicted molar refractivity (Wildman–Crippen MR) is 55.7 cm³/mol. The maximum Gasteiger partial charge on any atom is 0.352 e. The average Bonchev–Trinajstić information content (AvgIpc) is 2.53. The molecule has 0 fully saturated rings. The highest BCUT2D eigenvalue weighted by Crippen LogP contribution is 2.40. The van der Waals surface area contributed by atoms with Crippen molar-refractivity contribution in [3.63, 3.8) is 0 Å². The number of anilines is 1. The van der Waals surface area contributed by atoms with Crippen LogP contribution in [0.1, 0.15) is 29.8 Å². The Labute approximate surface area is 91.5 Å². The molecule has 3 nitrogen and oxygen atoms in total. The van der Waals surface area contributed by atoms with Crippen molar-refractivity contribution in [2.75, 3.05) is 5.32 Å². The number of benzene rings is 1. The molecule has 2 rings (SSSR count). The molecule has 0 bridgehead atoms. The second kappa shape index (κ2) is 4.38. The zero-order valence-electron chi connectivity index (χ0n) is 8.88. The van der Waals surface area contributed by atoms with Crippen LogP contribution in [0, 0.1) is 0 Å². The number of amides is 1. The van der Waals surface area contributed by atoms with Crippen LogP contribution in [0.4, 0.5) is 14.5 Å². The van der Waals surface area contributed by atoms with Crippen LogP contribution in [0.3, 0.4) is 0 Å². The van der Waals surface area contributed by atoms with E-state index in [1.807, 2.05) is 19.2 Å². The first-order valence-corrected chi connectivity index (χ1v) is 4.84. The van der Waals surface area contributed by atoms with Crippen LogP contribution >= 0.6 is 0 Å². The van der Waals surface area contributed by atoms with Gasteiger partial charge in [0.05, 0.1) is 11.3 Å². The number of fused-ring (bicyclic) bond motifs is 1. The maximum absolute atomic E-state index is 13.1. The zero-order chi connectivity index (χ0) is 12.3. The topological polar surface area (TPSA) is 46.2 Å². The van der Waals surface area contributed by atoms with Gasteiger partial charge in [0, 0.05) is 5.56 Å². The molecule has 16 heavy (non-hydrogen) atoms. The van der Waals surface area contributed by atoms with Gasteiger partial charge in [0.25, 0.3) is 5.91 Å². The Morgan fingerprint density at radius 3 is 2.50 bits per heavy atom. The fourth-order valence-corrected chi connectivity index (χ4v) is 1.33. The predicted octanol–water partition coefficient (Wildman–Crippen LogP) is 2.57. The summed E-state index contributed by atoms with van der Waals surface area (Å²) in [6.07, 6.45) is 0.457. The number of rotatable bonds is 1. The van der Waals surface area contributed by atoms with Gasteiger partial charge in [-0.15, -0.1) is 0 Å². The van der Waals surface area contributed by atoms with Gasteiger partial charge in [-0.3, -0.25) is 9.59 Å². The molecule has 0 radical (unpaired) electrons. The quantitative estimate of drug-likeness (QED) is 0.749. The summed E-state index contributed by atoms with van der Waals surface area (Å²) >= 11 is 0. The molecule has 1 aliphatic heterocycles. The lowest BCUT2D eigenvalue weighted by molar-refractivity contribution is -0.139. The highest BCUT2D eigenvalue weighted by molar-refractivity contribution is 6.04. The lowest BCUT2D eigenvalue weighted by Gasteiger charge is -2.05. The number of nitrogens with one attached hydrogen (secondary N) is 1. The SMILES string of the molecule is CC.O=Cc1ccc2c(c1)C(F)(F)C(=O)N2. The van der Waals surface area contributed by atoms with Gasteiger partial charge in [0.1, 0.15) is 6.29 Å². The molecular weight excluding hydrogens is 216 g/mol. The Kier molecular flexibility index (Phi) is 3.37. The first kappa shape index (κ1) is 12.3. The number of halogens is 2. The highest BCUT2D eigenvalue weighted by Gasteiger charge is 2.48. The normalized spacial score (nSPS) is 15.6. The lowest BCUT2D eigenvalue weighted by Crippen LogP contribution is -2.23. The molecule has 1 N–H and O–H groups in total. The third kappa shape index (κ3) is 1.80. The van der Waals surface area contributed by atoms with Crippen molar-refractivity contribution in [1.29, 1.82) is 0 Å². The van der Waals surface area contributed by atoms with Crippen molar-refractivity contribution in [3.05, 3.63) is 29.3 Å². The van der Waals surface area contributed by atoms with Crippen LogP contribution in [-0.4, -0.2) is 12.2 Å². The molecule has 86 valence electrons. The molecule has 0 aliphatic carbocycles. The number of aldehydes is 1. The van der Waals surface area contributed by atoms with Gasteiger partial charge in [0.15, 0.2) is 0 Å². The van der Waals surface area contributed by atoms with Crippen molar-refractivity contribution in [2.24, 2.45) is 0 Å². The van der Waals surface area contributed by atoms with E-state index in [4.69, 9.17) is 0 Å². The summed E-state index contributed by atoms with van der Waals surface area (Å²) in [6, 6.07) is 3.67. The van der Waals surface area contributed by atoms with E-state index in [-0.39, 0.29) is 11.3 Å². The first-order valence-electron chi connectivity index (χ1n) is 4.84. The fourth-order valence-electron chi connectivity index (χ4n) is 1.33. The summed E-state index contributed by atoms with van der Waals surface area (Å²) in [6.45, 7) is 4.00. The second-order valence-corrected chi connectivity index (χ2v) is 2.95. The molecule has 0 spiro atoms. The molecule has 1 aliphatic rings. The first-order chi connectivity index (χ1) is 7.55. The lowest BCUT2D eigenvalue weighted by atomic mass is 10.1. The van der Waals surface area contributed by atoms with Crippen LogP contribution in [0.2, 0.25) is 0 Å². The van der Waals surface area contributed by atoms with E-state index in [0.717, 1.165) is 6.07 Å². The minimum atomic E-state index is -3.53. The zero-order valence-corrected chi connectivity index (χ0v) is 8.88. The van der Waals surface area contributed by atoms with Crippen LogP contribution in [0.25, 0.3) is 0 Å². The molecular formula is C11H11F2NO2. The highest BCUT2D eigenvalue weighted by atomic mass is 19.3. The fraction of sp³-hybridized carbons (Fsp3) is 0.273. The Morgan fingerprint density at radius 1 is 1.31 bits per heavy atom. The summed E-state index contributed by atoms with van der Waals surface area (Å²) in [4.78, 5) is 21.2. The van der Waals surface area contributed by atoms with Crippen LogP contribution < -0.4 is 5.32 Å². The van der Waals surface area contributed by atoms with Gasteiger partial charge in [-0.1, -0.05) is 13.8 Å². The van der Waals surface area contributed by atoms with Gasteiger partial charge in [-0.2, -0.15) is 8.78 Å². The van der Waals surface area contributed by atoms with Crippen molar-refractivity contribution in [3.8, 4) is 0 Å². The minimum Gasteiger partial charge on any atom is -0.320 e. The smallest absolute Gasteiger partial charge is 0.320 e. The molecule has 1 heterocycles. The summed E-state index contributed by atoms with van der Waals surface area (Å²) in [7, 11) is 0. The molecule has 1 amide bonds. The van der Waals surface area contributed by atoms with Gasteiger partial charge in [-0.25, -0.2) is 0 Å². The third-order valence-corrected chi connectivity index (χ3v) is 2.05. The van der Waals surface area contributed by atoms with E-state index >= 15 is 0 Å². The van der Waals surface area contributed by atoms with Gasteiger partial charge in [-0.05, 0) is 18.2 Å². The van der Waals surface area contributed by atoms with E-state index in [2.05, 4.69) is 0 Å². The van der Waals surface area contributed by atoms with Crippen LogP contribution in [0.15, 0.2) is 18.2 Å². The Bertz CT molecular complexity index is 430. The maximum atomic E-state index is 13.1. The molecule has 0 saturated carbocycles. The Hall–Kier alpha value is -1.78. The minimum absolute atomic E-state index is 0.0607. The number of carbonyl (C=O) groups excluding carboxylic acids is 2. The van der Waals surface area contributed by atoms with Crippen LogP contribution in [0.5, 0.6) is 0 Å². The van der Waals surface area contributed by atoms with Crippen molar-refractivity contribution in [1.82, 2.24) is 0 Å². The molecule has 0 unspecified atom stereocenters. The van der Waals surface area contributed by atoms with E-state index in [0.29, 0.717) is 6.29 Å². The summed E-state index contributed by atoms with van der Waals surface area (Å²) < 4.78 is 26.2. The molecule has 0 saturated heterocycles. The summed E-state index contributed by atoms with van der Waals surface area (Å²) in [5.41, 5.74) is -0.252. The van der Waals surface area contributed by atoms with Gasteiger partial charge >= 0.3 is 5.92 Å². The van der Waals surface area contributed by atoms with Crippen molar-refractivity contribution in [2.45, 2.75) is 19.8 Å². The average molecular weight is 227 g/mol.